The van der Waals surface area contributed by atoms with Gasteiger partial charge >= 0.3 is 0 Å². The van der Waals surface area contributed by atoms with Gasteiger partial charge < -0.3 is 15.8 Å². The van der Waals surface area contributed by atoms with Crippen LogP contribution in [0, 0.1) is 0 Å². The molecule has 0 bridgehead atoms. The van der Waals surface area contributed by atoms with Gasteiger partial charge in [0.25, 0.3) is 5.91 Å². The summed E-state index contributed by atoms with van der Waals surface area (Å²) in [6, 6.07) is 5.08. The van der Waals surface area contributed by atoms with Crippen LogP contribution in [0.1, 0.15) is 37.0 Å². The predicted molar refractivity (Wildman–Crippen MR) is 69.3 cm³/mol. The van der Waals surface area contributed by atoms with Gasteiger partial charge in [-0.05, 0) is 31.5 Å². The van der Waals surface area contributed by atoms with Gasteiger partial charge in [0.05, 0.1) is 12.3 Å². The van der Waals surface area contributed by atoms with E-state index in [1.165, 1.54) is 0 Å². The van der Waals surface area contributed by atoms with Crippen LogP contribution in [0.4, 0.5) is 5.69 Å². The highest BCUT2D eigenvalue weighted by molar-refractivity contribution is 5.95. The molecule has 0 atom stereocenters. The van der Waals surface area contributed by atoms with Gasteiger partial charge in [0.1, 0.15) is 5.75 Å². The van der Waals surface area contributed by atoms with Crippen LogP contribution in [0.2, 0.25) is 0 Å². The van der Waals surface area contributed by atoms with Crippen molar-refractivity contribution in [3.05, 3.63) is 23.8 Å². The fourth-order valence-electron chi connectivity index (χ4n) is 1.44. The molecule has 0 saturated carbocycles. The molecule has 0 aliphatic heterocycles. The average Bonchev–Trinajstić information content (AvgIpc) is 2.32. The van der Waals surface area contributed by atoms with Crippen molar-refractivity contribution in [1.29, 1.82) is 0 Å². The maximum atomic E-state index is 11.8. The van der Waals surface area contributed by atoms with Crippen LogP contribution in [-0.2, 0) is 0 Å². The number of hydrogen-bond acceptors (Lipinski definition) is 3. The van der Waals surface area contributed by atoms with E-state index in [2.05, 4.69) is 12.2 Å². The van der Waals surface area contributed by atoms with E-state index in [9.17, 15) is 4.79 Å². The van der Waals surface area contributed by atoms with Crippen LogP contribution in [-0.4, -0.2) is 19.1 Å². The largest absolute Gasteiger partial charge is 0.492 e. The van der Waals surface area contributed by atoms with Crippen molar-refractivity contribution in [2.75, 3.05) is 18.9 Å². The van der Waals surface area contributed by atoms with E-state index in [4.69, 9.17) is 10.5 Å². The molecule has 0 aliphatic carbocycles. The number of unbranched alkanes of at least 4 members (excludes halogenated alkanes) is 1. The molecule has 1 aromatic carbocycles. The second kappa shape index (κ2) is 6.78. The maximum absolute atomic E-state index is 11.8. The van der Waals surface area contributed by atoms with E-state index in [0.717, 1.165) is 12.8 Å². The van der Waals surface area contributed by atoms with Gasteiger partial charge in [-0.15, -0.1) is 0 Å². The van der Waals surface area contributed by atoms with E-state index >= 15 is 0 Å². The SMILES string of the molecule is CCCCNC(=O)c1ccc(N)c(OCC)c1. The zero-order chi connectivity index (χ0) is 12.7. The van der Waals surface area contributed by atoms with Crippen molar-refractivity contribution < 1.29 is 9.53 Å². The van der Waals surface area contributed by atoms with E-state index in [0.29, 0.717) is 30.2 Å². The highest BCUT2D eigenvalue weighted by Gasteiger charge is 2.08. The number of hydrogen-bond donors (Lipinski definition) is 2. The number of amides is 1. The molecule has 4 nitrogen and oxygen atoms in total. The van der Waals surface area contributed by atoms with Crippen molar-refractivity contribution >= 4 is 11.6 Å². The molecule has 0 saturated heterocycles. The van der Waals surface area contributed by atoms with E-state index in [1.807, 2.05) is 6.92 Å². The van der Waals surface area contributed by atoms with Gasteiger partial charge in [-0.2, -0.15) is 0 Å². The van der Waals surface area contributed by atoms with Crippen molar-refractivity contribution in [1.82, 2.24) is 5.32 Å². The Balaban J connectivity index is 2.70. The zero-order valence-electron chi connectivity index (χ0n) is 10.5. The van der Waals surface area contributed by atoms with Crippen LogP contribution in [0.25, 0.3) is 0 Å². The fourth-order valence-corrected chi connectivity index (χ4v) is 1.44. The number of anilines is 1. The third-order valence-electron chi connectivity index (χ3n) is 2.39. The molecule has 1 rings (SSSR count). The summed E-state index contributed by atoms with van der Waals surface area (Å²) in [5.41, 5.74) is 6.88. The first-order valence-electron chi connectivity index (χ1n) is 5.99. The first kappa shape index (κ1) is 13.4. The molecule has 1 amide bonds. The molecule has 3 N–H and O–H groups in total. The average molecular weight is 236 g/mol. The lowest BCUT2D eigenvalue weighted by atomic mass is 10.1. The molecule has 0 aliphatic rings. The third kappa shape index (κ3) is 3.98. The molecule has 4 heteroatoms. The molecule has 0 aromatic heterocycles. The Kier molecular flexibility index (Phi) is 5.33. The van der Waals surface area contributed by atoms with Crippen molar-refractivity contribution in [2.45, 2.75) is 26.7 Å². The molecule has 0 radical (unpaired) electrons. The van der Waals surface area contributed by atoms with Gasteiger partial charge in [-0.1, -0.05) is 13.3 Å². The van der Waals surface area contributed by atoms with Gasteiger partial charge in [-0.25, -0.2) is 0 Å². The second-order valence-corrected chi connectivity index (χ2v) is 3.80. The van der Waals surface area contributed by atoms with Gasteiger partial charge in [0.15, 0.2) is 0 Å². The summed E-state index contributed by atoms with van der Waals surface area (Å²) in [6.07, 6.45) is 2.05. The lowest BCUT2D eigenvalue weighted by molar-refractivity contribution is 0.0952. The lowest BCUT2D eigenvalue weighted by Gasteiger charge is -2.09. The lowest BCUT2D eigenvalue weighted by Crippen LogP contribution is -2.24. The van der Waals surface area contributed by atoms with E-state index < -0.39 is 0 Å². The van der Waals surface area contributed by atoms with Gasteiger partial charge in [-0.3, -0.25) is 4.79 Å². The minimum Gasteiger partial charge on any atom is -0.492 e. The quantitative estimate of drug-likeness (QED) is 0.588. The Hall–Kier alpha value is -1.71. The molecule has 0 unspecified atom stereocenters. The topological polar surface area (TPSA) is 64.4 Å². The summed E-state index contributed by atoms with van der Waals surface area (Å²) >= 11 is 0. The highest BCUT2D eigenvalue weighted by Crippen LogP contribution is 2.22. The van der Waals surface area contributed by atoms with Crippen molar-refractivity contribution in [3.8, 4) is 5.75 Å². The second-order valence-electron chi connectivity index (χ2n) is 3.80. The molecular formula is C13H20N2O2. The van der Waals surface area contributed by atoms with Crippen LogP contribution < -0.4 is 15.8 Å². The van der Waals surface area contributed by atoms with Crippen LogP contribution >= 0.6 is 0 Å². The Morgan fingerprint density at radius 3 is 2.82 bits per heavy atom. The zero-order valence-corrected chi connectivity index (χ0v) is 10.5. The summed E-state index contributed by atoms with van der Waals surface area (Å²) in [5.74, 6) is 0.482. The predicted octanol–water partition coefficient (Wildman–Crippen LogP) is 2.20. The number of nitrogens with two attached hydrogens (primary N) is 1. The summed E-state index contributed by atoms with van der Waals surface area (Å²) in [4.78, 5) is 11.8. The normalized spacial score (nSPS) is 10.0. The molecule has 1 aromatic rings. The van der Waals surface area contributed by atoms with Crippen molar-refractivity contribution in [3.63, 3.8) is 0 Å². The molecular weight excluding hydrogens is 216 g/mol. The minimum absolute atomic E-state index is 0.0839. The smallest absolute Gasteiger partial charge is 0.251 e. The summed E-state index contributed by atoms with van der Waals surface area (Å²) < 4.78 is 5.35. The van der Waals surface area contributed by atoms with Crippen LogP contribution in [0.15, 0.2) is 18.2 Å². The number of rotatable bonds is 6. The summed E-state index contributed by atoms with van der Waals surface area (Å²) in [7, 11) is 0. The van der Waals surface area contributed by atoms with Gasteiger partial charge in [0.2, 0.25) is 0 Å². The van der Waals surface area contributed by atoms with Crippen molar-refractivity contribution in [2.24, 2.45) is 0 Å². The Morgan fingerprint density at radius 2 is 2.18 bits per heavy atom. The Bertz CT molecular complexity index is 378. The Morgan fingerprint density at radius 1 is 1.41 bits per heavy atom. The van der Waals surface area contributed by atoms with E-state index in [1.54, 1.807) is 18.2 Å². The number of ether oxygens (including phenoxy) is 1. The number of nitrogen functional groups attached to an aromatic ring is 1. The molecule has 0 heterocycles. The molecule has 0 fully saturated rings. The fraction of sp³-hybridized carbons (Fsp3) is 0.462. The van der Waals surface area contributed by atoms with Crippen LogP contribution in [0.5, 0.6) is 5.75 Å². The van der Waals surface area contributed by atoms with Crippen LogP contribution in [0.3, 0.4) is 0 Å². The standard InChI is InChI=1S/C13H20N2O2/c1-3-5-8-15-13(16)10-6-7-11(14)12(9-10)17-4-2/h6-7,9H,3-5,8,14H2,1-2H3,(H,15,16). The summed E-state index contributed by atoms with van der Waals surface area (Å²) in [5, 5.41) is 2.85. The summed E-state index contributed by atoms with van der Waals surface area (Å²) in [6.45, 7) is 5.20. The van der Waals surface area contributed by atoms with E-state index in [-0.39, 0.29) is 5.91 Å². The first-order chi connectivity index (χ1) is 8.19. The monoisotopic (exact) mass is 236 g/mol. The maximum Gasteiger partial charge on any atom is 0.251 e. The molecule has 17 heavy (non-hydrogen) atoms. The first-order valence-corrected chi connectivity index (χ1v) is 5.99. The third-order valence-corrected chi connectivity index (χ3v) is 2.39. The minimum atomic E-state index is -0.0839. The number of carbonyl (C=O) groups is 1. The molecule has 94 valence electrons. The number of benzene rings is 1. The number of nitrogens with one attached hydrogen (secondary N) is 1. The van der Waals surface area contributed by atoms with Gasteiger partial charge in [0, 0.05) is 12.1 Å². The Labute approximate surface area is 102 Å². The highest BCUT2D eigenvalue weighted by atomic mass is 16.5. The number of carbonyl (C=O) groups excluding carboxylic acids is 1. The molecule has 0 spiro atoms.